The third-order valence-electron chi connectivity index (χ3n) is 8.03. The number of benzene rings is 2. The van der Waals surface area contributed by atoms with Gasteiger partial charge in [0.05, 0.1) is 5.69 Å². The first-order chi connectivity index (χ1) is 13.8. The highest BCUT2D eigenvalue weighted by atomic mass is 16.2. The second-order valence-corrected chi connectivity index (χ2v) is 9.58. The first-order valence-corrected chi connectivity index (χ1v) is 10.6. The molecular formula is C25H29N3O. The van der Waals surface area contributed by atoms with Crippen molar-refractivity contribution in [2.24, 2.45) is 16.1 Å². The van der Waals surface area contributed by atoms with Crippen LogP contribution in [0.4, 0.5) is 5.69 Å². The Hall–Kier alpha value is -2.46. The van der Waals surface area contributed by atoms with Crippen molar-refractivity contribution in [3.05, 3.63) is 64.2 Å². The first-order valence-electron chi connectivity index (χ1n) is 10.6. The maximum atomic E-state index is 13.6. The molecular weight excluding hydrogens is 358 g/mol. The van der Waals surface area contributed by atoms with Crippen LogP contribution < -0.4 is 5.73 Å². The van der Waals surface area contributed by atoms with Gasteiger partial charge in [0.25, 0.3) is 5.91 Å². The maximum Gasteiger partial charge on any atom is 0.254 e. The Morgan fingerprint density at radius 3 is 2.79 bits per heavy atom. The zero-order valence-corrected chi connectivity index (χ0v) is 17.5. The third-order valence-corrected chi connectivity index (χ3v) is 8.03. The average Bonchev–Trinajstić information content (AvgIpc) is 3.17. The highest BCUT2D eigenvalue weighted by molar-refractivity contribution is 5.96. The molecule has 4 heteroatoms. The molecule has 1 saturated heterocycles. The normalized spacial score (nSPS) is 26.2. The summed E-state index contributed by atoms with van der Waals surface area (Å²) in [5.41, 5.74) is 12.9. The Morgan fingerprint density at radius 2 is 2.00 bits per heavy atom. The second-order valence-electron chi connectivity index (χ2n) is 9.58. The number of likely N-dealkylation sites (tertiary alicyclic amines) is 1. The smallest absolute Gasteiger partial charge is 0.254 e. The molecule has 2 atom stereocenters. The zero-order valence-electron chi connectivity index (χ0n) is 17.5. The average molecular weight is 388 g/mol. The Labute approximate surface area is 172 Å². The molecule has 150 valence electrons. The van der Waals surface area contributed by atoms with E-state index < -0.39 is 0 Å². The van der Waals surface area contributed by atoms with Gasteiger partial charge < -0.3 is 10.6 Å². The van der Waals surface area contributed by atoms with Gasteiger partial charge in [-0.05, 0) is 58.7 Å². The van der Waals surface area contributed by atoms with Gasteiger partial charge in [0.15, 0.2) is 0 Å². The molecule has 0 aromatic heterocycles. The molecule has 4 nitrogen and oxygen atoms in total. The quantitative estimate of drug-likeness (QED) is 0.841. The molecule has 2 aliphatic heterocycles. The lowest BCUT2D eigenvalue weighted by Gasteiger charge is -2.61. The van der Waals surface area contributed by atoms with E-state index in [9.17, 15) is 4.79 Å². The minimum Gasteiger partial charge on any atom is -0.335 e. The van der Waals surface area contributed by atoms with Crippen LogP contribution in [-0.2, 0) is 24.8 Å². The van der Waals surface area contributed by atoms with E-state index in [0.29, 0.717) is 6.54 Å². The van der Waals surface area contributed by atoms with Crippen molar-refractivity contribution in [3.63, 3.8) is 0 Å². The maximum absolute atomic E-state index is 13.6. The van der Waals surface area contributed by atoms with Crippen LogP contribution in [0.3, 0.4) is 0 Å². The summed E-state index contributed by atoms with van der Waals surface area (Å²) in [6.45, 7) is 8.42. The van der Waals surface area contributed by atoms with Crippen LogP contribution in [0.25, 0.3) is 0 Å². The van der Waals surface area contributed by atoms with Crippen LogP contribution in [0.15, 0.2) is 41.4 Å². The van der Waals surface area contributed by atoms with Gasteiger partial charge in [0, 0.05) is 42.7 Å². The number of aliphatic imine (C=N–C) groups is 1. The van der Waals surface area contributed by atoms with Gasteiger partial charge in [-0.1, -0.05) is 39.0 Å². The van der Waals surface area contributed by atoms with E-state index in [1.165, 1.54) is 16.7 Å². The van der Waals surface area contributed by atoms with Gasteiger partial charge in [0.2, 0.25) is 0 Å². The summed E-state index contributed by atoms with van der Waals surface area (Å²) in [6, 6.07) is 12.9. The van der Waals surface area contributed by atoms with E-state index in [0.717, 1.165) is 42.6 Å². The molecule has 2 bridgehead atoms. The molecule has 1 fully saturated rings. The largest absolute Gasteiger partial charge is 0.335 e. The molecule has 2 aromatic carbocycles. The number of hydrogen-bond acceptors (Lipinski definition) is 3. The van der Waals surface area contributed by atoms with Crippen LogP contribution >= 0.6 is 0 Å². The molecule has 2 N–H and O–H groups in total. The number of hydrogen-bond donors (Lipinski definition) is 1. The number of rotatable bonds is 2. The van der Waals surface area contributed by atoms with Crippen molar-refractivity contribution in [1.29, 1.82) is 0 Å². The lowest BCUT2D eigenvalue weighted by molar-refractivity contribution is -0.0262. The molecule has 3 aliphatic rings. The summed E-state index contributed by atoms with van der Waals surface area (Å²) in [4.78, 5) is 20.1. The highest BCUT2D eigenvalue weighted by Gasteiger charge is 2.56. The second kappa shape index (κ2) is 6.27. The Kier molecular flexibility index (Phi) is 4.01. The fourth-order valence-corrected chi connectivity index (χ4v) is 5.78. The lowest BCUT2D eigenvalue weighted by Crippen LogP contribution is -2.64. The van der Waals surface area contributed by atoms with Gasteiger partial charge in [-0.3, -0.25) is 9.79 Å². The Morgan fingerprint density at radius 1 is 1.17 bits per heavy atom. The third kappa shape index (κ3) is 2.55. The van der Waals surface area contributed by atoms with Crippen LogP contribution in [0, 0.1) is 5.41 Å². The summed E-state index contributed by atoms with van der Waals surface area (Å²) in [5, 5.41) is 0. The summed E-state index contributed by atoms with van der Waals surface area (Å²) in [7, 11) is 0. The number of nitrogens with two attached hydrogens (primary N) is 1. The molecule has 29 heavy (non-hydrogen) atoms. The lowest BCUT2D eigenvalue weighted by atomic mass is 9.51. The fourth-order valence-electron chi connectivity index (χ4n) is 5.78. The van der Waals surface area contributed by atoms with Crippen LogP contribution in [-0.4, -0.2) is 29.6 Å². The number of carbonyl (C=O) groups excluding carboxylic acids is 1. The molecule has 1 amide bonds. The van der Waals surface area contributed by atoms with Crippen LogP contribution in [0.2, 0.25) is 0 Å². The summed E-state index contributed by atoms with van der Waals surface area (Å²) >= 11 is 0. The van der Waals surface area contributed by atoms with E-state index in [2.05, 4.69) is 48.9 Å². The highest BCUT2D eigenvalue weighted by Crippen LogP contribution is 2.56. The van der Waals surface area contributed by atoms with Crippen molar-refractivity contribution in [1.82, 2.24) is 4.90 Å². The van der Waals surface area contributed by atoms with Gasteiger partial charge in [-0.15, -0.1) is 0 Å². The monoisotopic (exact) mass is 387 g/mol. The van der Waals surface area contributed by atoms with Gasteiger partial charge in [-0.2, -0.15) is 0 Å². The molecule has 2 heterocycles. The van der Waals surface area contributed by atoms with Crippen molar-refractivity contribution in [2.45, 2.75) is 58.0 Å². The molecule has 0 spiro atoms. The van der Waals surface area contributed by atoms with Crippen molar-refractivity contribution in [2.75, 3.05) is 6.54 Å². The molecule has 0 radical (unpaired) electrons. The molecule has 1 aliphatic carbocycles. The van der Waals surface area contributed by atoms with Crippen molar-refractivity contribution < 1.29 is 4.79 Å². The van der Waals surface area contributed by atoms with Crippen molar-refractivity contribution in [3.8, 4) is 0 Å². The Bertz CT molecular complexity index is 1040. The predicted octanol–water partition coefficient (Wildman–Crippen LogP) is 4.16. The zero-order chi connectivity index (χ0) is 20.4. The van der Waals surface area contributed by atoms with E-state index >= 15 is 0 Å². The topological polar surface area (TPSA) is 58.7 Å². The number of piperidine rings is 1. The van der Waals surface area contributed by atoms with Crippen molar-refractivity contribution >= 4 is 17.8 Å². The molecule has 0 saturated carbocycles. The van der Waals surface area contributed by atoms with Gasteiger partial charge in [0.1, 0.15) is 0 Å². The molecule has 2 unspecified atom stereocenters. The predicted molar refractivity (Wildman–Crippen MR) is 117 cm³/mol. The van der Waals surface area contributed by atoms with Crippen LogP contribution in [0.5, 0.6) is 0 Å². The van der Waals surface area contributed by atoms with E-state index in [1.807, 2.05) is 24.4 Å². The first kappa shape index (κ1) is 18.6. The van der Waals surface area contributed by atoms with Gasteiger partial charge in [-0.25, -0.2) is 0 Å². The summed E-state index contributed by atoms with van der Waals surface area (Å²) < 4.78 is 0. The van der Waals surface area contributed by atoms with E-state index in [1.54, 1.807) is 0 Å². The number of nitrogens with zero attached hydrogens (tertiary/aromatic N) is 2. The standard InChI is InChI=1S/C25H29N3O/c1-24(2)22-14-19-12-16(15-26)4-6-20(19)25(24,3)9-11-28(22)23(29)18-5-7-21-17(13-18)8-10-27-21/h4-7,10,12-13,22H,8-9,11,14-15,26H2,1-3H3. The molecule has 2 aromatic rings. The fraction of sp³-hybridized carbons (Fsp3) is 0.440. The van der Waals surface area contributed by atoms with E-state index in [4.69, 9.17) is 5.73 Å². The number of amides is 1. The SMILES string of the molecule is CC12CCN(C(=O)c3ccc4c(c3)CC=N4)C(Cc3cc(CN)ccc31)C2(C)C. The minimum atomic E-state index is -0.00200. The minimum absolute atomic E-state index is 0.00200. The number of fused-ring (bicyclic) bond motifs is 5. The van der Waals surface area contributed by atoms with E-state index in [-0.39, 0.29) is 22.8 Å². The van der Waals surface area contributed by atoms with Crippen LogP contribution in [0.1, 0.15) is 59.8 Å². The summed E-state index contributed by atoms with van der Waals surface area (Å²) in [6.07, 6.45) is 4.61. The number of carbonyl (C=O) groups is 1. The van der Waals surface area contributed by atoms with Gasteiger partial charge >= 0.3 is 0 Å². The Balaban J connectivity index is 1.54. The molecule has 5 rings (SSSR count). The summed E-state index contributed by atoms with van der Waals surface area (Å²) in [5.74, 6) is 0.151.